The Hall–Kier alpha value is -2.42. The van der Waals surface area contributed by atoms with Crippen LogP contribution in [0.15, 0.2) is 12.1 Å². The molecule has 8 nitrogen and oxygen atoms in total. The van der Waals surface area contributed by atoms with Gasteiger partial charge in [-0.25, -0.2) is 0 Å². The third kappa shape index (κ3) is 3.18. The minimum Gasteiger partial charge on any atom is -0.493 e. The molecule has 2 aliphatic rings. The van der Waals surface area contributed by atoms with Gasteiger partial charge in [-0.05, 0) is 18.6 Å². The van der Waals surface area contributed by atoms with Gasteiger partial charge in [0.15, 0.2) is 11.5 Å². The Morgan fingerprint density at radius 3 is 2.27 bits per heavy atom. The van der Waals surface area contributed by atoms with Crippen molar-refractivity contribution in [3.8, 4) is 17.2 Å². The molecule has 2 aliphatic heterocycles. The van der Waals surface area contributed by atoms with Gasteiger partial charge in [0.05, 0.1) is 33.1 Å². The van der Waals surface area contributed by atoms with E-state index in [0.29, 0.717) is 42.3 Å². The zero-order chi connectivity index (χ0) is 18.8. The molecule has 0 saturated carbocycles. The Morgan fingerprint density at radius 1 is 1.12 bits per heavy atom. The molecule has 2 saturated heterocycles. The van der Waals surface area contributed by atoms with Gasteiger partial charge in [-0.1, -0.05) is 11.8 Å². The molecule has 1 aromatic carbocycles. The van der Waals surface area contributed by atoms with Crippen molar-refractivity contribution in [1.82, 2.24) is 9.80 Å². The van der Waals surface area contributed by atoms with Crippen molar-refractivity contribution in [3.63, 3.8) is 0 Å². The number of benzene rings is 1. The first kappa shape index (κ1) is 18.4. The van der Waals surface area contributed by atoms with Gasteiger partial charge in [0, 0.05) is 18.7 Å². The van der Waals surface area contributed by atoms with Crippen LogP contribution in [0.1, 0.15) is 16.8 Å². The van der Waals surface area contributed by atoms with E-state index in [-0.39, 0.29) is 28.8 Å². The molecule has 3 rings (SSSR count). The molecule has 2 heterocycles. The van der Waals surface area contributed by atoms with Crippen LogP contribution in [0.25, 0.3) is 0 Å². The van der Waals surface area contributed by atoms with E-state index in [0.717, 1.165) is 11.8 Å². The zero-order valence-electron chi connectivity index (χ0n) is 14.8. The van der Waals surface area contributed by atoms with Gasteiger partial charge in [-0.3, -0.25) is 19.3 Å². The maximum absolute atomic E-state index is 12.9. The predicted molar refractivity (Wildman–Crippen MR) is 95.1 cm³/mol. The Balaban J connectivity index is 1.80. The van der Waals surface area contributed by atoms with E-state index in [1.807, 2.05) is 0 Å². The number of carbonyl (C=O) groups excluding carboxylic acids is 3. The summed E-state index contributed by atoms with van der Waals surface area (Å²) >= 11 is 1.01. The fraction of sp³-hybridized carbons (Fsp3) is 0.471. The summed E-state index contributed by atoms with van der Waals surface area (Å²) in [5.41, 5.74) is 0.397. The molecule has 1 aromatic rings. The highest BCUT2D eigenvalue weighted by atomic mass is 32.2. The lowest BCUT2D eigenvalue weighted by Crippen LogP contribution is -2.41. The largest absolute Gasteiger partial charge is 0.493 e. The van der Waals surface area contributed by atoms with Crippen LogP contribution in [0.2, 0.25) is 0 Å². The number of hydrogen-bond donors (Lipinski definition) is 0. The zero-order valence-corrected chi connectivity index (χ0v) is 15.6. The van der Waals surface area contributed by atoms with Crippen LogP contribution in [0.3, 0.4) is 0 Å². The molecule has 0 aliphatic carbocycles. The summed E-state index contributed by atoms with van der Waals surface area (Å²) in [6.07, 6.45) is 0.578. The predicted octanol–water partition coefficient (Wildman–Crippen LogP) is 1.62. The number of carbonyl (C=O) groups is 3. The standard InChI is InChI=1S/C17H20N2O6S/c1-23-12-6-10(7-13(24-2)15(12)25-3)16(21)18-5-4-11(8-18)19-14(20)9-26-17(19)22/h6-7,11H,4-5,8-9H2,1-3H3. The van der Waals surface area contributed by atoms with Crippen molar-refractivity contribution in [3.05, 3.63) is 17.7 Å². The average molecular weight is 380 g/mol. The minimum absolute atomic E-state index is 0.177. The highest BCUT2D eigenvalue weighted by molar-refractivity contribution is 8.14. The number of methoxy groups -OCH3 is 3. The van der Waals surface area contributed by atoms with Crippen LogP contribution in [0, 0.1) is 0 Å². The molecule has 9 heteroatoms. The third-order valence-corrected chi connectivity index (χ3v) is 5.35. The molecule has 2 fully saturated rings. The van der Waals surface area contributed by atoms with Crippen molar-refractivity contribution in [2.45, 2.75) is 12.5 Å². The Morgan fingerprint density at radius 2 is 1.77 bits per heavy atom. The highest BCUT2D eigenvalue weighted by Crippen LogP contribution is 2.38. The maximum atomic E-state index is 12.9. The maximum Gasteiger partial charge on any atom is 0.289 e. The van der Waals surface area contributed by atoms with E-state index in [1.165, 1.54) is 26.2 Å². The molecule has 0 radical (unpaired) electrons. The van der Waals surface area contributed by atoms with E-state index in [9.17, 15) is 14.4 Å². The molecule has 0 spiro atoms. The molecule has 0 bridgehead atoms. The molecule has 3 amide bonds. The Kier molecular flexibility index (Phi) is 5.26. The Bertz CT molecular complexity index is 712. The summed E-state index contributed by atoms with van der Waals surface area (Å²) in [6.45, 7) is 0.801. The summed E-state index contributed by atoms with van der Waals surface area (Å²) in [7, 11) is 4.47. The van der Waals surface area contributed by atoms with Gasteiger partial charge in [0.1, 0.15) is 0 Å². The Labute approximate surface area is 155 Å². The molecular formula is C17H20N2O6S. The van der Waals surface area contributed by atoms with Gasteiger partial charge in [0.2, 0.25) is 11.7 Å². The average Bonchev–Trinajstić information content (AvgIpc) is 3.26. The summed E-state index contributed by atoms with van der Waals surface area (Å²) in [4.78, 5) is 39.6. The quantitative estimate of drug-likeness (QED) is 0.767. The first-order valence-electron chi connectivity index (χ1n) is 8.08. The van der Waals surface area contributed by atoms with Gasteiger partial charge < -0.3 is 19.1 Å². The van der Waals surface area contributed by atoms with Gasteiger partial charge in [-0.15, -0.1) is 0 Å². The summed E-state index contributed by atoms with van der Waals surface area (Å²) in [5, 5.41) is -0.234. The van der Waals surface area contributed by atoms with Gasteiger partial charge in [0.25, 0.3) is 11.1 Å². The lowest BCUT2D eigenvalue weighted by atomic mass is 10.1. The van der Waals surface area contributed by atoms with Crippen LogP contribution in [-0.2, 0) is 4.79 Å². The summed E-state index contributed by atoms with van der Waals surface area (Å²) in [6, 6.07) is 2.92. The van der Waals surface area contributed by atoms with E-state index in [4.69, 9.17) is 14.2 Å². The van der Waals surface area contributed by atoms with Gasteiger partial charge in [-0.2, -0.15) is 0 Å². The number of ether oxygens (including phenoxy) is 3. The fourth-order valence-corrected chi connectivity index (χ4v) is 4.02. The van der Waals surface area contributed by atoms with Crippen LogP contribution in [0.5, 0.6) is 17.2 Å². The van der Waals surface area contributed by atoms with Crippen molar-refractivity contribution >= 4 is 28.8 Å². The van der Waals surface area contributed by atoms with Crippen LogP contribution < -0.4 is 14.2 Å². The van der Waals surface area contributed by atoms with E-state index in [2.05, 4.69) is 0 Å². The van der Waals surface area contributed by atoms with Crippen molar-refractivity contribution in [2.75, 3.05) is 40.2 Å². The molecule has 0 aromatic heterocycles. The number of likely N-dealkylation sites (tertiary alicyclic amines) is 1. The van der Waals surface area contributed by atoms with Crippen LogP contribution >= 0.6 is 11.8 Å². The number of amides is 3. The number of nitrogens with zero attached hydrogens (tertiary/aromatic N) is 2. The topological polar surface area (TPSA) is 85.4 Å². The van der Waals surface area contributed by atoms with Crippen LogP contribution in [-0.4, -0.2) is 73.1 Å². The molecule has 0 N–H and O–H groups in total. The lowest BCUT2D eigenvalue weighted by molar-refractivity contribution is -0.126. The van der Waals surface area contributed by atoms with E-state index >= 15 is 0 Å². The number of thioether (sulfide) groups is 1. The monoisotopic (exact) mass is 380 g/mol. The normalized spacial score (nSPS) is 19.9. The first-order valence-corrected chi connectivity index (χ1v) is 9.06. The van der Waals surface area contributed by atoms with Crippen LogP contribution in [0.4, 0.5) is 4.79 Å². The van der Waals surface area contributed by atoms with E-state index < -0.39 is 0 Å². The van der Waals surface area contributed by atoms with Gasteiger partial charge >= 0.3 is 0 Å². The smallest absolute Gasteiger partial charge is 0.289 e. The fourth-order valence-electron chi connectivity index (χ4n) is 3.24. The van der Waals surface area contributed by atoms with E-state index in [1.54, 1.807) is 17.0 Å². The lowest BCUT2D eigenvalue weighted by Gasteiger charge is -2.22. The van der Waals surface area contributed by atoms with Crippen molar-refractivity contribution in [2.24, 2.45) is 0 Å². The highest BCUT2D eigenvalue weighted by Gasteiger charge is 2.40. The number of hydrogen-bond acceptors (Lipinski definition) is 7. The third-order valence-electron chi connectivity index (χ3n) is 4.51. The van der Waals surface area contributed by atoms with Crippen molar-refractivity contribution in [1.29, 1.82) is 0 Å². The SMILES string of the molecule is COc1cc(C(=O)N2CCC(N3C(=O)CSC3=O)C2)cc(OC)c1OC. The molecular weight excluding hydrogens is 360 g/mol. The molecule has 1 unspecified atom stereocenters. The first-order chi connectivity index (χ1) is 12.5. The second-order valence-electron chi connectivity index (χ2n) is 5.93. The summed E-state index contributed by atoms with van der Waals surface area (Å²) < 4.78 is 15.8. The minimum atomic E-state index is -0.268. The molecule has 1 atom stereocenters. The molecule has 26 heavy (non-hydrogen) atoms. The second kappa shape index (κ2) is 7.45. The van der Waals surface area contributed by atoms with Crippen molar-refractivity contribution < 1.29 is 28.6 Å². The summed E-state index contributed by atoms with van der Waals surface area (Å²) in [5.74, 6) is 0.983. The number of rotatable bonds is 5. The molecule has 140 valence electrons. The number of imide groups is 1. The second-order valence-corrected chi connectivity index (χ2v) is 6.85.